The third kappa shape index (κ3) is 3.57. The van der Waals surface area contributed by atoms with Gasteiger partial charge in [0.2, 0.25) is 0 Å². The predicted molar refractivity (Wildman–Crippen MR) is 76.1 cm³/mol. The third-order valence-corrected chi connectivity index (χ3v) is 4.06. The van der Waals surface area contributed by atoms with Crippen LogP contribution in [0.2, 0.25) is 0 Å². The molecule has 1 aliphatic carbocycles. The van der Waals surface area contributed by atoms with Gasteiger partial charge in [-0.2, -0.15) is 0 Å². The van der Waals surface area contributed by atoms with Gasteiger partial charge in [-0.15, -0.1) is 0 Å². The van der Waals surface area contributed by atoms with Crippen molar-refractivity contribution in [2.45, 2.75) is 45.1 Å². The summed E-state index contributed by atoms with van der Waals surface area (Å²) in [6, 6.07) is 7.64. The van der Waals surface area contributed by atoms with Gasteiger partial charge in [-0.3, -0.25) is 4.79 Å². The van der Waals surface area contributed by atoms with Gasteiger partial charge in [-0.25, -0.2) is 0 Å². The Balaban J connectivity index is 1.90. The molecule has 0 spiro atoms. The van der Waals surface area contributed by atoms with Crippen LogP contribution in [0.15, 0.2) is 24.3 Å². The Morgan fingerprint density at radius 1 is 1.37 bits per heavy atom. The fraction of sp³-hybridized carbons (Fsp3) is 0.562. The SMILES string of the molecule is CCc1ccccc1C(=O)NCC(O)C1CCCC1. The summed E-state index contributed by atoms with van der Waals surface area (Å²) in [6.45, 7) is 2.40. The fourth-order valence-electron chi connectivity index (χ4n) is 2.85. The van der Waals surface area contributed by atoms with Crippen molar-refractivity contribution < 1.29 is 9.90 Å². The van der Waals surface area contributed by atoms with Crippen LogP contribution in [0, 0.1) is 5.92 Å². The molecule has 1 aromatic carbocycles. The second-order valence-corrected chi connectivity index (χ2v) is 5.33. The molecule has 1 aliphatic rings. The summed E-state index contributed by atoms with van der Waals surface area (Å²) in [7, 11) is 0. The highest BCUT2D eigenvalue weighted by Gasteiger charge is 2.23. The summed E-state index contributed by atoms with van der Waals surface area (Å²) in [6.07, 6.45) is 5.02. The van der Waals surface area contributed by atoms with Crippen molar-refractivity contribution in [2.24, 2.45) is 5.92 Å². The number of aliphatic hydroxyl groups is 1. The van der Waals surface area contributed by atoms with Crippen molar-refractivity contribution >= 4 is 5.91 Å². The summed E-state index contributed by atoms with van der Waals surface area (Å²) in [5.41, 5.74) is 1.78. The summed E-state index contributed by atoms with van der Waals surface area (Å²) >= 11 is 0. The minimum absolute atomic E-state index is 0.0745. The molecule has 2 rings (SSSR count). The van der Waals surface area contributed by atoms with Gasteiger partial charge in [-0.1, -0.05) is 38.0 Å². The molecule has 0 bridgehead atoms. The molecular formula is C16H23NO2. The molecule has 2 N–H and O–H groups in total. The van der Waals surface area contributed by atoms with E-state index in [0.29, 0.717) is 12.5 Å². The Bertz CT molecular complexity index is 425. The van der Waals surface area contributed by atoms with Gasteiger partial charge in [0.25, 0.3) is 5.91 Å². The summed E-state index contributed by atoms with van der Waals surface area (Å²) in [5.74, 6) is 0.288. The van der Waals surface area contributed by atoms with E-state index in [9.17, 15) is 9.90 Å². The number of hydrogen-bond acceptors (Lipinski definition) is 2. The monoisotopic (exact) mass is 261 g/mol. The molecule has 1 aromatic rings. The molecule has 3 nitrogen and oxygen atoms in total. The molecule has 104 valence electrons. The Kier molecular flexibility index (Phi) is 4.97. The van der Waals surface area contributed by atoms with Crippen LogP contribution in [-0.2, 0) is 6.42 Å². The normalized spacial score (nSPS) is 17.4. The van der Waals surface area contributed by atoms with Crippen molar-refractivity contribution in [1.82, 2.24) is 5.32 Å². The first-order valence-corrected chi connectivity index (χ1v) is 7.26. The van der Waals surface area contributed by atoms with Gasteiger partial charge < -0.3 is 10.4 Å². The number of carbonyl (C=O) groups excluding carboxylic acids is 1. The fourth-order valence-corrected chi connectivity index (χ4v) is 2.85. The van der Waals surface area contributed by atoms with E-state index in [2.05, 4.69) is 5.32 Å². The maximum absolute atomic E-state index is 12.1. The minimum atomic E-state index is -0.403. The highest BCUT2D eigenvalue weighted by molar-refractivity contribution is 5.95. The number of aliphatic hydroxyl groups excluding tert-OH is 1. The first kappa shape index (κ1) is 14.1. The second kappa shape index (κ2) is 6.71. The summed E-state index contributed by atoms with van der Waals surface area (Å²) < 4.78 is 0. The Labute approximate surface area is 115 Å². The van der Waals surface area contributed by atoms with Crippen LogP contribution in [0.1, 0.15) is 48.5 Å². The van der Waals surface area contributed by atoms with Gasteiger partial charge >= 0.3 is 0 Å². The van der Waals surface area contributed by atoms with Crippen LogP contribution in [0.4, 0.5) is 0 Å². The van der Waals surface area contributed by atoms with Crippen LogP contribution in [0.25, 0.3) is 0 Å². The molecule has 19 heavy (non-hydrogen) atoms. The first-order chi connectivity index (χ1) is 9.22. The highest BCUT2D eigenvalue weighted by Crippen LogP contribution is 2.27. The molecule has 1 unspecified atom stereocenters. The molecule has 3 heteroatoms. The van der Waals surface area contributed by atoms with Crippen LogP contribution >= 0.6 is 0 Å². The van der Waals surface area contributed by atoms with E-state index in [1.807, 2.05) is 31.2 Å². The maximum Gasteiger partial charge on any atom is 0.251 e. The topological polar surface area (TPSA) is 49.3 Å². The molecule has 1 saturated carbocycles. The van der Waals surface area contributed by atoms with Crippen LogP contribution in [0.5, 0.6) is 0 Å². The van der Waals surface area contributed by atoms with Gasteiger partial charge in [0, 0.05) is 12.1 Å². The van der Waals surface area contributed by atoms with E-state index < -0.39 is 6.10 Å². The first-order valence-electron chi connectivity index (χ1n) is 7.26. The van der Waals surface area contributed by atoms with E-state index in [0.717, 1.165) is 30.4 Å². The average Bonchev–Trinajstić information content (AvgIpc) is 2.98. The maximum atomic E-state index is 12.1. The lowest BCUT2D eigenvalue weighted by molar-refractivity contribution is 0.0840. The molecule has 0 aromatic heterocycles. The smallest absolute Gasteiger partial charge is 0.251 e. The lowest BCUT2D eigenvalue weighted by atomic mass is 10.0. The number of rotatable bonds is 5. The van der Waals surface area contributed by atoms with E-state index in [-0.39, 0.29) is 5.91 Å². The Morgan fingerprint density at radius 2 is 2.05 bits per heavy atom. The van der Waals surface area contributed by atoms with Crippen molar-refractivity contribution in [3.8, 4) is 0 Å². The van der Waals surface area contributed by atoms with Crippen LogP contribution in [-0.4, -0.2) is 23.7 Å². The van der Waals surface area contributed by atoms with Gasteiger partial charge in [0.15, 0.2) is 0 Å². The van der Waals surface area contributed by atoms with Crippen LogP contribution < -0.4 is 5.32 Å². The predicted octanol–water partition coefficient (Wildman–Crippen LogP) is 2.53. The number of nitrogens with one attached hydrogen (secondary N) is 1. The molecular weight excluding hydrogens is 238 g/mol. The number of aryl methyl sites for hydroxylation is 1. The number of benzene rings is 1. The zero-order chi connectivity index (χ0) is 13.7. The van der Waals surface area contributed by atoms with Crippen molar-refractivity contribution in [3.05, 3.63) is 35.4 Å². The molecule has 1 fully saturated rings. The van der Waals surface area contributed by atoms with Crippen molar-refractivity contribution in [1.29, 1.82) is 0 Å². The summed E-state index contributed by atoms with van der Waals surface area (Å²) in [5, 5.41) is 12.9. The van der Waals surface area contributed by atoms with Gasteiger partial charge in [-0.05, 0) is 36.8 Å². The molecule has 1 amide bonds. The van der Waals surface area contributed by atoms with E-state index in [1.54, 1.807) is 0 Å². The minimum Gasteiger partial charge on any atom is -0.391 e. The summed E-state index contributed by atoms with van der Waals surface area (Å²) in [4.78, 5) is 12.1. The van der Waals surface area contributed by atoms with Gasteiger partial charge in [0.1, 0.15) is 0 Å². The molecule has 0 aliphatic heterocycles. The quantitative estimate of drug-likeness (QED) is 0.855. The molecule has 0 radical (unpaired) electrons. The zero-order valence-corrected chi connectivity index (χ0v) is 11.6. The molecule has 0 saturated heterocycles. The van der Waals surface area contributed by atoms with Crippen molar-refractivity contribution in [3.63, 3.8) is 0 Å². The average molecular weight is 261 g/mol. The third-order valence-electron chi connectivity index (χ3n) is 4.06. The van der Waals surface area contributed by atoms with Crippen molar-refractivity contribution in [2.75, 3.05) is 6.54 Å². The van der Waals surface area contributed by atoms with Crippen LogP contribution in [0.3, 0.4) is 0 Å². The van der Waals surface area contributed by atoms with Gasteiger partial charge in [0.05, 0.1) is 6.10 Å². The Hall–Kier alpha value is -1.35. The zero-order valence-electron chi connectivity index (χ0n) is 11.6. The number of carbonyl (C=O) groups is 1. The lowest BCUT2D eigenvalue weighted by Crippen LogP contribution is -2.35. The standard InChI is InChI=1S/C16H23NO2/c1-2-12-7-5-6-10-14(12)16(19)17-11-15(18)13-8-3-4-9-13/h5-7,10,13,15,18H,2-4,8-9,11H2,1H3,(H,17,19). The second-order valence-electron chi connectivity index (χ2n) is 5.33. The highest BCUT2D eigenvalue weighted by atomic mass is 16.3. The lowest BCUT2D eigenvalue weighted by Gasteiger charge is -2.18. The number of amides is 1. The van der Waals surface area contributed by atoms with E-state index >= 15 is 0 Å². The Morgan fingerprint density at radius 3 is 2.74 bits per heavy atom. The van der Waals surface area contributed by atoms with E-state index in [4.69, 9.17) is 0 Å². The molecule has 1 atom stereocenters. The number of hydrogen-bond donors (Lipinski definition) is 2. The largest absolute Gasteiger partial charge is 0.391 e. The molecule has 0 heterocycles. The van der Waals surface area contributed by atoms with E-state index in [1.165, 1.54) is 12.8 Å².